The Labute approximate surface area is 197 Å². The molecule has 0 saturated heterocycles. The molecule has 0 saturated carbocycles. The highest BCUT2D eigenvalue weighted by molar-refractivity contribution is 5.93. The average Bonchev–Trinajstić information content (AvgIpc) is 2.83. The van der Waals surface area contributed by atoms with E-state index in [2.05, 4.69) is 48.7 Å². The van der Waals surface area contributed by atoms with Crippen molar-refractivity contribution in [1.82, 2.24) is 0 Å². The van der Waals surface area contributed by atoms with Gasteiger partial charge in [0.2, 0.25) is 5.91 Å². The normalized spacial score (nSPS) is 10.6. The highest BCUT2D eigenvalue weighted by Crippen LogP contribution is 2.18. The zero-order valence-corrected chi connectivity index (χ0v) is 19.6. The van der Waals surface area contributed by atoms with E-state index in [1.165, 1.54) is 5.56 Å². The Morgan fingerprint density at radius 3 is 2.03 bits per heavy atom. The minimum Gasteiger partial charge on any atom is -0.494 e. The molecule has 1 amide bonds. The monoisotopic (exact) mass is 446 g/mol. The molecule has 0 atom stereocenters. The molecule has 0 aliphatic rings. The fourth-order valence-electron chi connectivity index (χ4n) is 3.21. The first-order valence-corrected chi connectivity index (χ1v) is 11.6. The van der Waals surface area contributed by atoms with Gasteiger partial charge in [-0.1, -0.05) is 44.2 Å². The van der Waals surface area contributed by atoms with E-state index in [1.807, 2.05) is 54.6 Å². The molecule has 3 rings (SSSR count). The highest BCUT2D eigenvalue weighted by Gasteiger charge is 2.04. The number of carbonyl (C=O) groups excluding carboxylic acids is 1. The van der Waals surface area contributed by atoms with Crippen molar-refractivity contribution in [1.29, 1.82) is 0 Å². The van der Waals surface area contributed by atoms with E-state index < -0.39 is 0 Å². The van der Waals surface area contributed by atoms with Gasteiger partial charge in [-0.2, -0.15) is 0 Å². The van der Waals surface area contributed by atoms with Gasteiger partial charge in [0.25, 0.3) is 0 Å². The first-order chi connectivity index (χ1) is 16.1. The Morgan fingerprint density at radius 2 is 1.39 bits per heavy atom. The van der Waals surface area contributed by atoms with Gasteiger partial charge in [0.15, 0.2) is 0 Å². The van der Waals surface area contributed by atoms with Crippen molar-refractivity contribution in [2.24, 2.45) is 5.92 Å². The number of benzene rings is 3. The summed E-state index contributed by atoms with van der Waals surface area (Å²) in [4.78, 5) is 12.2. The number of hydrogen-bond acceptors (Lipinski definition) is 4. The Morgan fingerprint density at radius 1 is 0.788 bits per heavy atom. The van der Waals surface area contributed by atoms with Crippen LogP contribution in [0.25, 0.3) is 0 Å². The number of ether oxygens (including phenoxy) is 2. The fraction of sp³-hybridized carbons (Fsp3) is 0.321. The van der Waals surface area contributed by atoms with E-state index in [0.717, 1.165) is 42.1 Å². The van der Waals surface area contributed by atoms with Gasteiger partial charge in [-0.05, 0) is 79.3 Å². The Bertz CT molecular complexity index is 955. The number of rotatable bonds is 13. The van der Waals surface area contributed by atoms with Crippen molar-refractivity contribution in [3.05, 3.63) is 84.4 Å². The van der Waals surface area contributed by atoms with Crippen molar-refractivity contribution < 1.29 is 14.3 Å². The second-order valence-electron chi connectivity index (χ2n) is 8.42. The zero-order valence-electron chi connectivity index (χ0n) is 19.6. The second-order valence-corrected chi connectivity index (χ2v) is 8.42. The summed E-state index contributed by atoms with van der Waals surface area (Å²) in [6.45, 7) is 5.90. The van der Waals surface area contributed by atoms with Gasteiger partial charge in [-0.25, -0.2) is 0 Å². The molecule has 33 heavy (non-hydrogen) atoms. The lowest BCUT2D eigenvalue weighted by atomic mass is 10.1. The predicted octanol–water partition coefficient (Wildman–Crippen LogP) is 6.17. The van der Waals surface area contributed by atoms with Crippen LogP contribution in [0.2, 0.25) is 0 Å². The maximum Gasteiger partial charge on any atom is 0.243 e. The van der Waals surface area contributed by atoms with Crippen LogP contribution in [-0.2, 0) is 11.2 Å². The van der Waals surface area contributed by atoms with E-state index in [1.54, 1.807) is 0 Å². The third-order valence-electron chi connectivity index (χ3n) is 5.13. The first-order valence-electron chi connectivity index (χ1n) is 11.6. The van der Waals surface area contributed by atoms with Gasteiger partial charge in [-0.3, -0.25) is 4.79 Å². The molecule has 0 bridgehead atoms. The number of nitrogens with one attached hydrogen (secondary N) is 2. The van der Waals surface area contributed by atoms with Crippen LogP contribution in [0.3, 0.4) is 0 Å². The lowest BCUT2D eigenvalue weighted by molar-refractivity contribution is -0.114. The summed E-state index contributed by atoms with van der Waals surface area (Å²) < 4.78 is 11.5. The van der Waals surface area contributed by atoms with Crippen LogP contribution in [0.1, 0.15) is 32.3 Å². The Balaban J connectivity index is 1.33. The summed E-state index contributed by atoms with van der Waals surface area (Å²) >= 11 is 0. The van der Waals surface area contributed by atoms with E-state index in [-0.39, 0.29) is 12.5 Å². The minimum absolute atomic E-state index is 0.107. The molecule has 0 heterocycles. The van der Waals surface area contributed by atoms with Crippen molar-refractivity contribution in [2.75, 3.05) is 30.4 Å². The fourth-order valence-corrected chi connectivity index (χ4v) is 3.21. The van der Waals surface area contributed by atoms with E-state index in [0.29, 0.717) is 19.1 Å². The quantitative estimate of drug-likeness (QED) is 0.308. The molecule has 5 nitrogen and oxygen atoms in total. The minimum atomic E-state index is -0.107. The van der Waals surface area contributed by atoms with Gasteiger partial charge >= 0.3 is 0 Å². The molecule has 2 N–H and O–H groups in total. The van der Waals surface area contributed by atoms with Crippen molar-refractivity contribution in [2.45, 2.75) is 33.1 Å². The Kier molecular flexibility index (Phi) is 9.64. The van der Waals surface area contributed by atoms with Crippen LogP contribution in [-0.4, -0.2) is 25.7 Å². The summed E-state index contributed by atoms with van der Waals surface area (Å²) in [5.74, 6) is 2.15. The van der Waals surface area contributed by atoms with Crippen LogP contribution in [0.5, 0.6) is 11.5 Å². The smallest absolute Gasteiger partial charge is 0.243 e. The van der Waals surface area contributed by atoms with Crippen LogP contribution in [0.4, 0.5) is 11.4 Å². The number of hydrogen-bond donors (Lipinski definition) is 2. The standard InChI is InChI=1S/C28H34N2O3/c1-22(2)18-20-33-27-16-12-25(13-17-27)30-28(31)21-29-24-10-14-26(15-11-24)32-19-6-9-23-7-4-3-5-8-23/h3-5,7-8,10-17,22,29H,6,9,18-21H2,1-2H3,(H,30,31). The van der Waals surface area contributed by atoms with Crippen LogP contribution >= 0.6 is 0 Å². The summed E-state index contributed by atoms with van der Waals surface area (Å²) in [7, 11) is 0. The van der Waals surface area contributed by atoms with Crippen molar-refractivity contribution in [3.63, 3.8) is 0 Å². The predicted molar refractivity (Wildman–Crippen MR) is 135 cm³/mol. The largest absolute Gasteiger partial charge is 0.494 e. The number of amides is 1. The summed E-state index contributed by atoms with van der Waals surface area (Å²) in [6.07, 6.45) is 2.99. The lowest BCUT2D eigenvalue weighted by Gasteiger charge is -2.11. The van der Waals surface area contributed by atoms with E-state index >= 15 is 0 Å². The van der Waals surface area contributed by atoms with Gasteiger partial charge in [-0.15, -0.1) is 0 Å². The van der Waals surface area contributed by atoms with Crippen LogP contribution in [0.15, 0.2) is 78.9 Å². The molecular weight excluding hydrogens is 412 g/mol. The van der Waals surface area contributed by atoms with Crippen LogP contribution < -0.4 is 20.1 Å². The molecule has 0 radical (unpaired) electrons. The van der Waals surface area contributed by atoms with Crippen LogP contribution in [0, 0.1) is 5.92 Å². The van der Waals surface area contributed by atoms with Gasteiger partial charge in [0.1, 0.15) is 11.5 Å². The third kappa shape index (κ3) is 9.27. The first kappa shape index (κ1) is 24.2. The molecule has 5 heteroatoms. The van der Waals surface area contributed by atoms with Gasteiger partial charge in [0, 0.05) is 11.4 Å². The molecule has 0 aliphatic heterocycles. The molecule has 0 fully saturated rings. The van der Waals surface area contributed by atoms with E-state index in [4.69, 9.17) is 9.47 Å². The average molecular weight is 447 g/mol. The topological polar surface area (TPSA) is 59.6 Å². The lowest BCUT2D eigenvalue weighted by Crippen LogP contribution is -2.21. The molecule has 0 aliphatic carbocycles. The highest BCUT2D eigenvalue weighted by atomic mass is 16.5. The summed E-state index contributed by atoms with van der Waals surface area (Å²) in [5.41, 5.74) is 2.94. The molecule has 3 aromatic carbocycles. The maximum atomic E-state index is 12.2. The zero-order chi connectivity index (χ0) is 23.3. The maximum absolute atomic E-state index is 12.2. The SMILES string of the molecule is CC(C)CCOc1ccc(NC(=O)CNc2ccc(OCCCc3ccccc3)cc2)cc1. The number of aryl methyl sites for hydroxylation is 1. The van der Waals surface area contributed by atoms with Gasteiger partial charge in [0.05, 0.1) is 19.8 Å². The van der Waals surface area contributed by atoms with Gasteiger partial charge < -0.3 is 20.1 Å². The van der Waals surface area contributed by atoms with Crippen molar-refractivity contribution >= 4 is 17.3 Å². The molecule has 0 aromatic heterocycles. The second kappa shape index (κ2) is 13.2. The Hall–Kier alpha value is -3.47. The summed E-state index contributed by atoms with van der Waals surface area (Å²) in [6, 6.07) is 25.5. The van der Waals surface area contributed by atoms with E-state index in [9.17, 15) is 4.79 Å². The third-order valence-corrected chi connectivity index (χ3v) is 5.13. The molecule has 0 unspecified atom stereocenters. The number of carbonyl (C=O) groups is 1. The molecule has 174 valence electrons. The molecular formula is C28H34N2O3. The summed E-state index contributed by atoms with van der Waals surface area (Å²) in [5, 5.41) is 6.03. The molecule has 0 spiro atoms. The number of anilines is 2. The van der Waals surface area contributed by atoms with Crippen molar-refractivity contribution in [3.8, 4) is 11.5 Å². The molecule has 3 aromatic rings.